The van der Waals surface area contributed by atoms with Crippen molar-refractivity contribution in [2.24, 2.45) is 5.92 Å². The average molecular weight is 410 g/mol. The van der Waals surface area contributed by atoms with Gasteiger partial charge in [-0.25, -0.2) is 0 Å². The lowest BCUT2D eigenvalue weighted by molar-refractivity contribution is 0.483. The van der Waals surface area contributed by atoms with Gasteiger partial charge in [-0.15, -0.1) is 11.8 Å². The van der Waals surface area contributed by atoms with Crippen LogP contribution in [0.25, 0.3) is 0 Å². The molecule has 0 aliphatic carbocycles. The highest BCUT2D eigenvalue weighted by Gasteiger charge is 2.08. The lowest BCUT2D eigenvalue weighted by Crippen LogP contribution is -2.02. The molecule has 150 valence electrons. The summed E-state index contributed by atoms with van der Waals surface area (Å²) in [6.07, 6.45) is 5.28. The number of benzene rings is 2. The van der Waals surface area contributed by atoms with Crippen molar-refractivity contribution in [1.29, 1.82) is 0 Å². The first-order chi connectivity index (χ1) is 12.8. The van der Waals surface area contributed by atoms with Crippen molar-refractivity contribution < 1.29 is 13.0 Å². The molecule has 2 aromatic carbocycles. The first-order valence-corrected chi connectivity index (χ1v) is 11.7. The molecule has 0 saturated carbocycles. The number of nitrogen functional groups attached to an aromatic ring is 1. The molecule has 0 spiro atoms. The van der Waals surface area contributed by atoms with Gasteiger partial charge in [-0.2, -0.15) is 8.42 Å². The highest BCUT2D eigenvalue weighted by Crippen LogP contribution is 2.28. The van der Waals surface area contributed by atoms with E-state index in [-0.39, 0.29) is 4.90 Å². The van der Waals surface area contributed by atoms with Gasteiger partial charge < -0.3 is 5.73 Å². The third-order valence-electron chi connectivity index (χ3n) is 4.26. The van der Waals surface area contributed by atoms with Crippen molar-refractivity contribution in [3.8, 4) is 0 Å². The summed E-state index contributed by atoms with van der Waals surface area (Å²) >= 11 is 1.91. The second-order valence-corrected chi connectivity index (χ2v) is 9.04. The summed E-state index contributed by atoms with van der Waals surface area (Å²) < 4.78 is 29.6. The molecule has 0 radical (unpaired) electrons. The SMILES string of the molecule is CCCCC(CC)CSc1ccccc1N.Cc1ccc(S(=O)(=O)O)cc1. The van der Waals surface area contributed by atoms with E-state index in [1.165, 1.54) is 48.5 Å². The molecule has 0 heterocycles. The van der Waals surface area contributed by atoms with Crippen LogP contribution in [0.1, 0.15) is 45.1 Å². The molecule has 3 N–H and O–H groups in total. The van der Waals surface area contributed by atoms with E-state index in [4.69, 9.17) is 10.3 Å². The second kappa shape index (κ2) is 12.1. The third-order valence-corrected chi connectivity index (χ3v) is 6.44. The van der Waals surface area contributed by atoms with Crippen molar-refractivity contribution in [1.82, 2.24) is 0 Å². The van der Waals surface area contributed by atoms with Gasteiger partial charge in [0.25, 0.3) is 10.1 Å². The van der Waals surface area contributed by atoms with E-state index in [9.17, 15) is 8.42 Å². The number of para-hydroxylation sites is 1. The Balaban J connectivity index is 0.000000289. The van der Waals surface area contributed by atoms with Crippen LogP contribution in [-0.4, -0.2) is 18.7 Å². The van der Waals surface area contributed by atoms with Gasteiger partial charge in [0.1, 0.15) is 0 Å². The van der Waals surface area contributed by atoms with Gasteiger partial charge >= 0.3 is 0 Å². The number of hydrogen-bond donors (Lipinski definition) is 2. The quantitative estimate of drug-likeness (QED) is 0.326. The molecule has 1 unspecified atom stereocenters. The fourth-order valence-corrected chi connectivity index (χ4v) is 4.14. The molecule has 0 saturated heterocycles. The van der Waals surface area contributed by atoms with Crippen molar-refractivity contribution >= 4 is 27.6 Å². The van der Waals surface area contributed by atoms with E-state index >= 15 is 0 Å². The molecule has 2 rings (SSSR count). The Morgan fingerprint density at radius 1 is 1.07 bits per heavy atom. The zero-order valence-electron chi connectivity index (χ0n) is 16.4. The highest BCUT2D eigenvalue weighted by molar-refractivity contribution is 7.99. The first kappa shape index (κ1) is 23.5. The Bertz CT molecular complexity index is 774. The molecule has 2 aromatic rings. The molecule has 1 atom stereocenters. The fourth-order valence-electron chi connectivity index (χ4n) is 2.43. The van der Waals surface area contributed by atoms with Gasteiger partial charge in [-0.05, 0) is 43.5 Å². The van der Waals surface area contributed by atoms with Crippen molar-refractivity contribution in [3.63, 3.8) is 0 Å². The topological polar surface area (TPSA) is 80.4 Å². The largest absolute Gasteiger partial charge is 0.398 e. The van der Waals surface area contributed by atoms with Crippen LogP contribution < -0.4 is 5.73 Å². The van der Waals surface area contributed by atoms with Crippen LogP contribution in [0.3, 0.4) is 0 Å². The van der Waals surface area contributed by atoms with Crippen molar-refractivity contribution in [2.45, 2.75) is 56.2 Å². The zero-order chi connectivity index (χ0) is 20.3. The Kier molecular flexibility index (Phi) is 10.5. The molecule has 6 heteroatoms. The molecule has 0 amide bonds. The lowest BCUT2D eigenvalue weighted by Gasteiger charge is -2.14. The van der Waals surface area contributed by atoms with Crippen molar-refractivity contribution in [3.05, 3.63) is 54.1 Å². The fraction of sp³-hybridized carbons (Fsp3) is 0.429. The van der Waals surface area contributed by atoms with Crippen molar-refractivity contribution in [2.75, 3.05) is 11.5 Å². The minimum absolute atomic E-state index is 0.0666. The first-order valence-electron chi connectivity index (χ1n) is 9.29. The number of aryl methyl sites for hydroxylation is 1. The minimum Gasteiger partial charge on any atom is -0.398 e. The number of nitrogens with two attached hydrogens (primary N) is 1. The Hall–Kier alpha value is -1.50. The summed E-state index contributed by atoms with van der Waals surface area (Å²) in [4.78, 5) is 1.17. The molecule has 0 aromatic heterocycles. The zero-order valence-corrected chi connectivity index (χ0v) is 18.0. The predicted octanol–water partition coefficient (Wildman–Crippen LogP) is 5.82. The molecule has 0 aliphatic heterocycles. The van der Waals surface area contributed by atoms with Crippen LogP contribution in [-0.2, 0) is 10.1 Å². The van der Waals surface area contributed by atoms with E-state index in [0.29, 0.717) is 0 Å². The smallest absolute Gasteiger partial charge is 0.294 e. The summed E-state index contributed by atoms with van der Waals surface area (Å²) in [5.74, 6) is 2.04. The maximum atomic E-state index is 10.5. The minimum atomic E-state index is -4.02. The van der Waals surface area contributed by atoms with Gasteiger partial charge in [0.2, 0.25) is 0 Å². The maximum Gasteiger partial charge on any atom is 0.294 e. The number of rotatable bonds is 8. The van der Waals surface area contributed by atoms with Gasteiger partial charge in [0, 0.05) is 16.3 Å². The van der Waals surface area contributed by atoms with Crippen LogP contribution in [0.2, 0.25) is 0 Å². The Labute approximate surface area is 168 Å². The molecular weight excluding hydrogens is 378 g/mol. The monoisotopic (exact) mass is 409 g/mol. The van der Waals surface area contributed by atoms with Crippen LogP contribution in [0.15, 0.2) is 58.3 Å². The molecule has 0 fully saturated rings. The summed E-state index contributed by atoms with van der Waals surface area (Å²) in [7, 11) is -4.02. The average Bonchev–Trinajstić information content (AvgIpc) is 2.63. The van der Waals surface area contributed by atoms with Gasteiger partial charge in [-0.1, -0.05) is 62.9 Å². The van der Waals surface area contributed by atoms with E-state index in [0.717, 1.165) is 17.2 Å². The van der Waals surface area contributed by atoms with Gasteiger partial charge in [-0.3, -0.25) is 4.55 Å². The summed E-state index contributed by atoms with van der Waals surface area (Å²) in [5, 5.41) is 0. The van der Waals surface area contributed by atoms with Gasteiger partial charge in [0.05, 0.1) is 4.90 Å². The number of thioether (sulfide) groups is 1. The molecular formula is C21H31NO3S2. The van der Waals surface area contributed by atoms with Crippen LogP contribution >= 0.6 is 11.8 Å². The molecule has 4 nitrogen and oxygen atoms in total. The molecule has 27 heavy (non-hydrogen) atoms. The third kappa shape index (κ3) is 9.31. The van der Waals surface area contributed by atoms with E-state index in [1.54, 1.807) is 12.1 Å². The summed E-state index contributed by atoms with van der Waals surface area (Å²) in [6, 6.07) is 14.1. The molecule has 0 aliphatic rings. The number of unbranched alkanes of at least 4 members (excludes halogenated alkanes) is 1. The predicted molar refractivity (Wildman–Crippen MR) is 116 cm³/mol. The molecule has 0 bridgehead atoms. The highest BCUT2D eigenvalue weighted by atomic mass is 32.2. The van der Waals surface area contributed by atoms with Crippen LogP contribution in [0.5, 0.6) is 0 Å². The standard InChI is InChI=1S/C14H23NS.C7H8O3S/c1-3-5-8-12(4-2)11-16-14-10-7-6-9-13(14)15;1-6-2-4-7(5-3-6)11(8,9)10/h6-7,9-10,12H,3-5,8,11,15H2,1-2H3;2-5H,1H3,(H,8,9,10). The Morgan fingerprint density at radius 3 is 2.22 bits per heavy atom. The van der Waals surface area contributed by atoms with E-state index in [1.807, 2.05) is 30.8 Å². The van der Waals surface area contributed by atoms with Crippen LogP contribution in [0.4, 0.5) is 5.69 Å². The summed E-state index contributed by atoms with van der Waals surface area (Å²) in [5.41, 5.74) is 7.80. The lowest BCUT2D eigenvalue weighted by atomic mass is 10.0. The number of anilines is 1. The van der Waals surface area contributed by atoms with E-state index < -0.39 is 10.1 Å². The normalized spacial score (nSPS) is 12.1. The van der Waals surface area contributed by atoms with Crippen LogP contribution in [0, 0.1) is 12.8 Å². The summed E-state index contributed by atoms with van der Waals surface area (Å²) in [6.45, 7) is 6.39. The maximum absolute atomic E-state index is 10.5. The Morgan fingerprint density at radius 2 is 1.70 bits per heavy atom. The van der Waals surface area contributed by atoms with Gasteiger partial charge in [0.15, 0.2) is 0 Å². The number of hydrogen-bond acceptors (Lipinski definition) is 4. The van der Waals surface area contributed by atoms with E-state index in [2.05, 4.69) is 26.0 Å². The second-order valence-electron chi connectivity index (χ2n) is 6.55.